The summed E-state index contributed by atoms with van der Waals surface area (Å²) in [6.45, 7) is 0. The summed E-state index contributed by atoms with van der Waals surface area (Å²) in [4.78, 5) is 12.8. The number of hydrogen-bond donors (Lipinski definition) is 1. The van der Waals surface area contributed by atoms with Crippen molar-refractivity contribution in [2.45, 2.75) is 6.04 Å². The Bertz CT molecular complexity index is 570. The van der Waals surface area contributed by atoms with Crippen LogP contribution >= 0.6 is 38.9 Å². The normalized spacial score (nSPS) is 11.9. The van der Waals surface area contributed by atoms with E-state index >= 15 is 0 Å². The molecule has 0 radical (unpaired) electrons. The molecule has 1 N–H and O–H groups in total. The van der Waals surface area contributed by atoms with E-state index in [4.69, 9.17) is 16.3 Å². The number of methoxy groups -OCH3 is 1. The maximum absolute atomic E-state index is 11.9. The topological polar surface area (TPSA) is 38.3 Å². The molecule has 0 spiro atoms. The third-order valence-electron chi connectivity index (χ3n) is 2.47. The number of thiophene rings is 1. The van der Waals surface area contributed by atoms with Crippen molar-refractivity contribution in [1.82, 2.24) is 0 Å². The van der Waals surface area contributed by atoms with Crippen LogP contribution in [0.2, 0.25) is 5.02 Å². The van der Waals surface area contributed by atoms with Crippen molar-refractivity contribution in [3.05, 3.63) is 50.1 Å². The number of benzene rings is 1. The quantitative estimate of drug-likeness (QED) is 0.816. The minimum atomic E-state index is -0.525. The van der Waals surface area contributed by atoms with Gasteiger partial charge in [-0.25, -0.2) is 4.79 Å². The molecular formula is C13H11BrClNO2S. The van der Waals surface area contributed by atoms with Crippen LogP contribution in [0.1, 0.15) is 10.9 Å². The van der Waals surface area contributed by atoms with E-state index in [2.05, 4.69) is 21.2 Å². The third kappa shape index (κ3) is 3.72. The smallest absolute Gasteiger partial charge is 0.333 e. The van der Waals surface area contributed by atoms with Gasteiger partial charge in [0.1, 0.15) is 0 Å². The van der Waals surface area contributed by atoms with E-state index in [0.29, 0.717) is 5.02 Å². The van der Waals surface area contributed by atoms with Gasteiger partial charge in [-0.05, 0) is 52.3 Å². The second-order valence-corrected chi connectivity index (χ2v) is 6.68. The van der Waals surface area contributed by atoms with Gasteiger partial charge in [-0.3, -0.25) is 0 Å². The highest BCUT2D eigenvalue weighted by Crippen LogP contribution is 2.30. The minimum absolute atomic E-state index is 0.329. The number of carbonyl (C=O) groups excluding carboxylic acids is 1. The van der Waals surface area contributed by atoms with Crippen LogP contribution in [0, 0.1) is 0 Å². The molecule has 19 heavy (non-hydrogen) atoms. The lowest BCUT2D eigenvalue weighted by Crippen LogP contribution is -2.21. The maximum Gasteiger partial charge on any atom is 0.333 e. The number of anilines is 1. The lowest BCUT2D eigenvalue weighted by Gasteiger charge is -2.16. The zero-order chi connectivity index (χ0) is 13.8. The van der Waals surface area contributed by atoms with Crippen LogP contribution < -0.4 is 5.32 Å². The average Bonchev–Trinajstić information content (AvgIpc) is 2.83. The van der Waals surface area contributed by atoms with Crippen LogP contribution in [-0.2, 0) is 9.53 Å². The number of hydrogen-bond acceptors (Lipinski definition) is 4. The van der Waals surface area contributed by atoms with Gasteiger partial charge in [0.25, 0.3) is 0 Å². The van der Waals surface area contributed by atoms with Crippen LogP contribution in [-0.4, -0.2) is 13.1 Å². The van der Waals surface area contributed by atoms with Gasteiger partial charge in [0.2, 0.25) is 0 Å². The predicted molar refractivity (Wildman–Crippen MR) is 81.9 cm³/mol. The van der Waals surface area contributed by atoms with E-state index in [9.17, 15) is 4.79 Å². The zero-order valence-electron chi connectivity index (χ0n) is 10.0. The first-order chi connectivity index (χ1) is 9.10. The second kappa shape index (κ2) is 6.41. The fourth-order valence-electron chi connectivity index (χ4n) is 1.56. The van der Waals surface area contributed by atoms with E-state index in [-0.39, 0.29) is 5.97 Å². The van der Waals surface area contributed by atoms with Gasteiger partial charge in [-0.1, -0.05) is 11.6 Å². The predicted octanol–water partition coefficient (Wildman–Crippen LogP) is 4.49. The Labute approximate surface area is 128 Å². The summed E-state index contributed by atoms with van der Waals surface area (Å²) in [5.74, 6) is -0.329. The van der Waals surface area contributed by atoms with Crippen molar-refractivity contribution in [2.24, 2.45) is 0 Å². The second-order valence-electron chi connectivity index (χ2n) is 3.75. The average molecular weight is 361 g/mol. The summed E-state index contributed by atoms with van der Waals surface area (Å²) in [7, 11) is 1.38. The molecule has 1 atom stereocenters. The Morgan fingerprint density at radius 3 is 2.53 bits per heavy atom. The summed E-state index contributed by atoms with van der Waals surface area (Å²) in [5, 5.41) is 3.79. The summed E-state index contributed by atoms with van der Waals surface area (Å²) < 4.78 is 5.80. The van der Waals surface area contributed by atoms with E-state index in [1.165, 1.54) is 18.4 Å². The van der Waals surface area contributed by atoms with Crippen LogP contribution in [0.3, 0.4) is 0 Å². The molecule has 0 fully saturated rings. The molecule has 6 heteroatoms. The van der Waals surface area contributed by atoms with E-state index in [0.717, 1.165) is 14.4 Å². The molecule has 0 bridgehead atoms. The maximum atomic E-state index is 11.9. The van der Waals surface area contributed by atoms with Crippen LogP contribution in [0.5, 0.6) is 0 Å². The number of nitrogens with one attached hydrogen (secondary N) is 1. The standard InChI is InChI=1S/C13H11BrClNO2S/c1-18-13(17)12(10-6-7-11(14)19-10)16-9-4-2-8(15)3-5-9/h2-7,12,16H,1H3. The molecule has 1 unspecified atom stereocenters. The lowest BCUT2D eigenvalue weighted by molar-refractivity contribution is -0.141. The fraction of sp³-hybridized carbons (Fsp3) is 0.154. The summed E-state index contributed by atoms with van der Waals surface area (Å²) in [6, 6.07) is 10.4. The van der Waals surface area contributed by atoms with Crippen molar-refractivity contribution in [3.8, 4) is 0 Å². The summed E-state index contributed by atoms with van der Waals surface area (Å²) in [6.07, 6.45) is 0. The zero-order valence-corrected chi connectivity index (χ0v) is 13.2. The Morgan fingerprint density at radius 2 is 2.00 bits per heavy atom. The molecule has 1 aromatic carbocycles. The van der Waals surface area contributed by atoms with E-state index in [1.807, 2.05) is 24.3 Å². The molecule has 0 amide bonds. The third-order valence-corrected chi connectivity index (χ3v) is 4.41. The van der Waals surface area contributed by atoms with Gasteiger partial charge in [-0.2, -0.15) is 0 Å². The van der Waals surface area contributed by atoms with Gasteiger partial charge < -0.3 is 10.1 Å². The molecule has 0 aliphatic rings. The van der Waals surface area contributed by atoms with E-state index in [1.54, 1.807) is 12.1 Å². The van der Waals surface area contributed by atoms with Crippen molar-refractivity contribution >= 4 is 50.5 Å². The Balaban J connectivity index is 2.23. The first-order valence-electron chi connectivity index (χ1n) is 5.45. The molecule has 0 saturated heterocycles. The molecular weight excluding hydrogens is 350 g/mol. The first-order valence-corrected chi connectivity index (χ1v) is 7.44. The van der Waals surface area contributed by atoms with Crippen molar-refractivity contribution in [2.75, 3.05) is 12.4 Å². The number of halogens is 2. The Hall–Kier alpha value is -1.04. The SMILES string of the molecule is COC(=O)C(Nc1ccc(Cl)cc1)c1ccc(Br)s1. The molecule has 1 aromatic heterocycles. The lowest BCUT2D eigenvalue weighted by atomic mass is 10.2. The Kier molecular flexibility index (Phi) is 4.85. The molecule has 0 saturated carbocycles. The van der Waals surface area contributed by atoms with Crippen LogP contribution in [0.4, 0.5) is 5.69 Å². The number of ether oxygens (including phenoxy) is 1. The molecule has 0 aliphatic heterocycles. The van der Waals surface area contributed by atoms with Crippen molar-refractivity contribution in [1.29, 1.82) is 0 Å². The molecule has 1 heterocycles. The molecule has 2 rings (SSSR count). The molecule has 2 aromatic rings. The highest BCUT2D eigenvalue weighted by Gasteiger charge is 2.22. The van der Waals surface area contributed by atoms with Gasteiger partial charge in [-0.15, -0.1) is 11.3 Å². The van der Waals surface area contributed by atoms with Crippen LogP contribution in [0.15, 0.2) is 40.2 Å². The van der Waals surface area contributed by atoms with Gasteiger partial charge >= 0.3 is 5.97 Å². The van der Waals surface area contributed by atoms with Gasteiger partial charge in [0, 0.05) is 15.6 Å². The fourth-order valence-corrected chi connectivity index (χ4v) is 3.15. The highest BCUT2D eigenvalue weighted by atomic mass is 79.9. The Morgan fingerprint density at radius 1 is 1.32 bits per heavy atom. The number of rotatable bonds is 4. The molecule has 0 aliphatic carbocycles. The van der Waals surface area contributed by atoms with Gasteiger partial charge in [0.05, 0.1) is 10.9 Å². The summed E-state index contributed by atoms with van der Waals surface area (Å²) >= 11 is 10.7. The van der Waals surface area contributed by atoms with Crippen molar-refractivity contribution in [3.63, 3.8) is 0 Å². The number of esters is 1. The molecule has 3 nitrogen and oxygen atoms in total. The van der Waals surface area contributed by atoms with Crippen molar-refractivity contribution < 1.29 is 9.53 Å². The monoisotopic (exact) mass is 359 g/mol. The largest absolute Gasteiger partial charge is 0.467 e. The van der Waals surface area contributed by atoms with Crippen LogP contribution in [0.25, 0.3) is 0 Å². The molecule has 100 valence electrons. The summed E-state index contributed by atoms with van der Waals surface area (Å²) in [5.41, 5.74) is 0.810. The number of carbonyl (C=O) groups is 1. The first kappa shape index (κ1) is 14.4. The van der Waals surface area contributed by atoms with Gasteiger partial charge in [0.15, 0.2) is 6.04 Å². The highest BCUT2D eigenvalue weighted by molar-refractivity contribution is 9.11. The van der Waals surface area contributed by atoms with E-state index < -0.39 is 6.04 Å². The minimum Gasteiger partial charge on any atom is -0.467 e.